The molecule has 0 aliphatic carbocycles. The molecular weight excluding hydrogens is 168 g/mol. The minimum absolute atomic E-state index is 0.0498. The number of imide groups is 1. The maximum atomic E-state index is 11.5. The topological polar surface area (TPSA) is 40.6 Å². The van der Waals surface area contributed by atoms with Crippen LogP contribution in [0.3, 0.4) is 0 Å². The minimum atomic E-state index is -0.160. The normalized spacial score (nSPS) is 29.2. The van der Waals surface area contributed by atoms with Crippen molar-refractivity contribution in [1.82, 2.24) is 9.80 Å². The van der Waals surface area contributed by atoms with Gasteiger partial charge in [-0.3, -0.25) is 19.4 Å². The Kier molecular flexibility index (Phi) is 2.71. The summed E-state index contributed by atoms with van der Waals surface area (Å²) in [5, 5.41) is 0. The van der Waals surface area contributed by atoms with Gasteiger partial charge in [-0.15, -0.1) is 0 Å². The van der Waals surface area contributed by atoms with Crippen LogP contribution in [0.1, 0.15) is 13.8 Å². The Morgan fingerprint density at radius 3 is 1.85 bits per heavy atom. The summed E-state index contributed by atoms with van der Waals surface area (Å²) >= 11 is 0. The highest BCUT2D eigenvalue weighted by atomic mass is 16.2. The number of amides is 2. The molecule has 4 nitrogen and oxygen atoms in total. The maximum Gasteiger partial charge on any atom is 0.233 e. The molecule has 1 aliphatic rings. The fourth-order valence-corrected chi connectivity index (χ4v) is 1.45. The SMILES string of the molecule is CC1C(=O)N(CN(C)C)C(=O)C1C. The van der Waals surface area contributed by atoms with E-state index in [-0.39, 0.29) is 23.7 Å². The zero-order valence-corrected chi connectivity index (χ0v) is 8.57. The molecule has 1 fully saturated rings. The van der Waals surface area contributed by atoms with Crippen molar-refractivity contribution in [2.75, 3.05) is 20.8 Å². The lowest BCUT2D eigenvalue weighted by atomic mass is 10.00. The van der Waals surface area contributed by atoms with E-state index in [0.717, 1.165) is 0 Å². The molecule has 74 valence electrons. The van der Waals surface area contributed by atoms with E-state index in [9.17, 15) is 9.59 Å². The van der Waals surface area contributed by atoms with Gasteiger partial charge in [0.15, 0.2) is 0 Å². The summed E-state index contributed by atoms with van der Waals surface area (Å²) in [6, 6.07) is 0. The summed E-state index contributed by atoms with van der Waals surface area (Å²) in [6.45, 7) is 4.01. The average molecular weight is 184 g/mol. The summed E-state index contributed by atoms with van der Waals surface area (Å²) in [6.07, 6.45) is 0. The van der Waals surface area contributed by atoms with Crippen LogP contribution in [0.2, 0.25) is 0 Å². The molecule has 0 radical (unpaired) electrons. The van der Waals surface area contributed by atoms with Crippen LogP contribution >= 0.6 is 0 Å². The molecule has 0 aromatic rings. The fourth-order valence-electron chi connectivity index (χ4n) is 1.45. The van der Waals surface area contributed by atoms with Gasteiger partial charge in [-0.05, 0) is 14.1 Å². The van der Waals surface area contributed by atoms with Crippen molar-refractivity contribution >= 4 is 11.8 Å². The van der Waals surface area contributed by atoms with E-state index in [2.05, 4.69) is 0 Å². The molecule has 0 spiro atoms. The van der Waals surface area contributed by atoms with Gasteiger partial charge in [0, 0.05) is 11.8 Å². The van der Waals surface area contributed by atoms with Crippen LogP contribution in [0.15, 0.2) is 0 Å². The third-order valence-corrected chi connectivity index (χ3v) is 2.49. The third kappa shape index (κ3) is 1.72. The van der Waals surface area contributed by atoms with Crippen LogP contribution < -0.4 is 0 Å². The number of nitrogens with zero attached hydrogens (tertiary/aromatic N) is 2. The second-order valence-electron chi connectivity index (χ2n) is 3.90. The summed E-state index contributed by atoms with van der Waals surface area (Å²) in [5.41, 5.74) is 0. The fraction of sp³-hybridized carbons (Fsp3) is 0.778. The first-order valence-corrected chi connectivity index (χ1v) is 4.45. The standard InChI is InChI=1S/C9H16N2O2/c1-6-7(2)9(13)11(8(6)12)5-10(3)4/h6-7H,5H2,1-4H3. The first kappa shape index (κ1) is 10.2. The lowest BCUT2D eigenvalue weighted by Crippen LogP contribution is -2.38. The summed E-state index contributed by atoms with van der Waals surface area (Å²) in [4.78, 5) is 26.2. The smallest absolute Gasteiger partial charge is 0.233 e. The van der Waals surface area contributed by atoms with E-state index >= 15 is 0 Å². The van der Waals surface area contributed by atoms with Gasteiger partial charge in [-0.2, -0.15) is 0 Å². The van der Waals surface area contributed by atoms with Crippen molar-refractivity contribution in [1.29, 1.82) is 0 Å². The second kappa shape index (κ2) is 3.46. The van der Waals surface area contributed by atoms with E-state index < -0.39 is 0 Å². The maximum absolute atomic E-state index is 11.5. The predicted molar refractivity (Wildman–Crippen MR) is 48.7 cm³/mol. The Balaban J connectivity index is 2.76. The zero-order chi connectivity index (χ0) is 10.2. The molecule has 0 aromatic heterocycles. The monoisotopic (exact) mass is 184 g/mol. The van der Waals surface area contributed by atoms with Gasteiger partial charge in [0.05, 0.1) is 6.67 Å². The molecule has 0 N–H and O–H groups in total. The lowest BCUT2D eigenvalue weighted by molar-refractivity contribution is -0.141. The minimum Gasteiger partial charge on any atom is -0.292 e. The molecule has 13 heavy (non-hydrogen) atoms. The van der Waals surface area contributed by atoms with E-state index in [1.54, 1.807) is 13.8 Å². The first-order valence-electron chi connectivity index (χ1n) is 4.45. The first-order chi connectivity index (χ1) is 5.95. The Hall–Kier alpha value is -0.900. The van der Waals surface area contributed by atoms with Gasteiger partial charge in [-0.1, -0.05) is 13.8 Å². The Bertz CT molecular complexity index is 218. The van der Waals surface area contributed by atoms with Crippen LogP contribution in [-0.2, 0) is 9.59 Å². The molecular formula is C9H16N2O2. The highest BCUT2D eigenvalue weighted by Crippen LogP contribution is 2.24. The van der Waals surface area contributed by atoms with E-state index in [4.69, 9.17) is 0 Å². The molecule has 1 heterocycles. The molecule has 4 heteroatoms. The predicted octanol–water partition coefficient (Wildman–Crippen LogP) is 0.147. The molecule has 2 amide bonds. The number of hydrogen-bond acceptors (Lipinski definition) is 3. The Morgan fingerprint density at radius 2 is 1.54 bits per heavy atom. The van der Waals surface area contributed by atoms with Gasteiger partial charge in [0.25, 0.3) is 0 Å². The quantitative estimate of drug-likeness (QED) is 0.573. The second-order valence-corrected chi connectivity index (χ2v) is 3.90. The Morgan fingerprint density at radius 1 is 1.15 bits per heavy atom. The largest absolute Gasteiger partial charge is 0.292 e. The van der Waals surface area contributed by atoms with Crippen molar-refractivity contribution in [3.05, 3.63) is 0 Å². The van der Waals surface area contributed by atoms with E-state index in [1.165, 1.54) is 4.90 Å². The molecule has 0 bridgehead atoms. The van der Waals surface area contributed by atoms with E-state index in [0.29, 0.717) is 6.67 Å². The van der Waals surface area contributed by atoms with Gasteiger partial charge >= 0.3 is 0 Å². The highest BCUT2D eigenvalue weighted by Gasteiger charge is 2.42. The summed E-state index contributed by atoms with van der Waals surface area (Å²) in [7, 11) is 3.68. The van der Waals surface area contributed by atoms with Crippen LogP contribution in [-0.4, -0.2) is 42.4 Å². The number of rotatable bonds is 2. The van der Waals surface area contributed by atoms with Crippen molar-refractivity contribution in [3.63, 3.8) is 0 Å². The van der Waals surface area contributed by atoms with Crippen LogP contribution in [0, 0.1) is 11.8 Å². The van der Waals surface area contributed by atoms with Gasteiger partial charge in [-0.25, -0.2) is 0 Å². The van der Waals surface area contributed by atoms with Gasteiger partial charge < -0.3 is 0 Å². The van der Waals surface area contributed by atoms with Crippen LogP contribution in [0.5, 0.6) is 0 Å². The van der Waals surface area contributed by atoms with E-state index in [1.807, 2.05) is 19.0 Å². The Labute approximate surface area is 78.5 Å². The zero-order valence-electron chi connectivity index (χ0n) is 8.57. The van der Waals surface area contributed by atoms with Crippen LogP contribution in [0.25, 0.3) is 0 Å². The van der Waals surface area contributed by atoms with Crippen molar-refractivity contribution in [3.8, 4) is 0 Å². The number of carbonyl (C=O) groups excluding carboxylic acids is 2. The molecule has 1 aliphatic heterocycles. The number of hydrogen-bond donors (Lipinski definition) is 0. The van der Waals surface area contributed by atoms with Crippen molar-refractivity contribution < 1.29 is 9.59 Å². The molecule has 2 unspecified atom stereocenters. The number of carbonyl (C=O) groups is 2. The molecule has 0 saturated carbocycles. The van der Waals surface area contributed by atoms with Crippen LogP contribution in [0.4, 0.5) is 0 Å². The lowest BCUT2D eigenvalue weighted by Gasteiger charge is -2.19. The summed E-state index contributed by atoms with van der Waals surface area (Å²) in [5.74, 6) is -0.419. The molecule has 1 rings (SSSR count). The summed E-state index contributed by atoms with van der Waals surface area (Å²) < 4.78 is 0. The van der Waals surface area contributed by atoms with Gasteiger partial charge in [0.2, 0.25) is 11.8 Å². The highest BCUT2D eigenvalue weighted by molar-refractivity contribution is 6.04. The molecule has 1 saturated heterocycles. The third-order valence-electron chi connectivity index (χ3n) is 2.49. The average Bonchev–Trinajstić information content (AvgIpc) is 2.22. The molecule has 0 aromatic carbocycles. The number of likely N-dealkylation sites (tertiary alicyclic amines) is 1. The molecule has 2 atom stereocenters. The van der Waals surface area contributed by atoms with Crippen molar-refractivity contribution in [2.45, 2.75) is 13.8 Å². The van der Waals surface area contributed by atoms with Crippen molar-refractivity contribution in [2.24, 2.45) is 11.8 Å². The van der Waals surface area contributed by atoms with Gasteiger partial charge in [0.1, 0.15) is 0 Å².